The second-order valence-electron chi connectivity index (χ2n) is 4.72. The molecule has 1 saturated carbocycles. The van der Waals surface area contributed by atoms with Gasteiger partial charge in [-0.25, -0.2) is 0 Å². The Morgan fingerprint density at radius 1 is 0.778 bits per heavy atom. The van der Waals surface area contributed by atoms with Crippen LogP contribution in [0.4, 0.5) is 0 Å². The average molecular weight is 345 g/mol. The van der Waals surface area contributed by atoms with Gasteiger partial charge in [-0.3, -0.25) is 0 Å². The van der Waals surface area contributed by atoms with Gasteiger partial charge in [0.05, 0.1) is 0 Å². The van der Waals surface area contributed by atoms with Gasteiger partial charge in [0.1, 0.15) is 0 Å². The van der Waals surface area contributed by atoms with Crippen LogP contribution >= 0.6 is 0 Å². The molecule has 1 aliphatic rings. The van der Waals surface area contributed by atoms with Gasteiger partial charge in [0.25, 0.3) is 0 Å². The van der Waals surface area contributed by atoms with Crippen molar-refractivity contribution in [2.24, 2.45) is 0 Å². The van der Waals surface area contributed by atoms with Crippen LogP contribution in [0.25, 0.3) is 0 Å². The molecule has 112 valence electrons. The zero-order valence-corrected chi connectivity index (χ0v) is 13.6. The predicted octanol–water partition coefficient (Wildman–Crippen LogP) is 5.39. The van der Waals surface area contributed by atoms with Crippen molar-refractivity contribution in [3.8, 4) is 0 Å². The van der Waals surface area contributed by atoms with E-state index in [1.807, 2.05) is 0 Å². The Morgan fingerprint density at radius 2 is 1.17 bits per heavy atom. The van der Waals surface area contributed by atoms with E-state index in [9.17, 15) is 0 Å². The fourth-order valence-electron chi connectivity index (χ4n) is 2.13. The van der Waals surface area contributed by atoms with Gasteiger partial charge in [0.15, 0.2) is 0 Å². The fraction of sp³-hybridized carbons (Fsp3) is 0.750. The van der Waals surface area contributed by atoms with Crippen molar-refractivity contribution in [1.82, 2.24) is 0 Å². The van der Waals surface area contributed by atoms with Gasteiger partial charge >= 0.3 is 34.1 Å². The minimum absolute atomic E-state index is 0. The van der Waals surface area contributed by atoms with Crippen molar-refractivity contribution in [3.05, 3.63) is 23.3 Å². The summed E-state index contributed by atoms with van der Waals surface area (Å²) in [7, 11) is 0. The third kappa shape index (κ3) is 8.59. The van der Waals surface area contributed by atoms with Crippen molar-refractivity contribution in [3.63, 3.8) is 0 Å². The van der Waals surface area contributed by atoms with E-state index in [2.05, 4.69) is 26.0 Å². The summed E-state index contributed by atoms with van der Waals surface area (Å²) in [6.45, 7) is 4.49. The molecule has 1 aliphatic carbocycles. The van der Waals surface area contributed by atoms with E-state index in [-0.39, 0.29) is 34.1 Å². The Hall–Kier alpha value is 0.519. The largest absolute Gasteiger partial charge is 1.00 e. The maximum atomic E-state index is 3.62. The van der Waals surface area contributed by atoms with Crippen LogP contribution in [-0.4, -0.2) is 0 Å². The summed E-state index contributed by atoms with van der Waals surface area (Å²) in [5, 5.41) is 0. The van der Waals surface area contributed by atoms with Crippen molar-refractivity contribution in [1.29, 1.82) is 0 Å². The molecule has 0 aromatic heterocycles. The maximum Gasteiger partial charge on any atom is 1.00 e. The molecule has 0 saturated heterocycles. The van der Waals surface area contributed by atoms with Crippen LogP contribution in [0.15, 0.2) is 11.1 Å². The van der Waals surface area contributed by atoms with Crippen LogP contribution in [0.1, 0.15) is 78.1 Å². The molecular formula is C16H26Cu2. The molecule has 0 aliphatic heterocycles. The molecule has 0 radical (unpaired) electrons. The molecule has 0 bridgehead atoms. The molecule has 0 amide bonds. The molecule has 0 nitrogen and oxygen atoms in total. The molecule has 0 N–H and O–H groups in total. The fourth-order valence-corrected chi connectivity index (χ4v) is 2.13. The molecule has 1 fully saturated rings. The summed E-state index contributed by atoms with van der Waals surface area (Å²) >= 11 is 0. The molecule has 18 heavy (non-hydrogen) atoms. The molecule has 0 aromatic rings. The summed E-state index contributed by atoms with van der Waals surface area (Å²) in [5.74, 6) is 0. The molecule has 0 unspecified atom stereocenters. The predicted molar refractivity (Wildman–Crippen MR) is 71.0 cm³/mol. The summed E-state index contributed by atoms with van der Waals surface area (Å²) in [6.07, 6.45) is 19.8. The van der Waals surface area contributed by atoms with Crippen molar-refractivity contribution in [2.75, 3.05) is 0 Å². The number of rotatable bonds is 6. The first kappa shape index (κ1) is 20.8. The molecular weight excluding hydrogens is 319 g/mol. The molecule has 1 rings (SSSR count). The van der Waals surface area contributed by atoms with Gasteiger partial charge in [-0.05, 0) is 0 Å². The van der Waals surface area contributed by atoms with Crippen LogP contribution in [0, 0.1) is 12.2 Å². The zero-order valence-electron chi connectivity index (χ0n) is 11.7. The molecule has 0 spiro atoms. The van der Waals surface area contributed by atoms with E-state index in [1.165, 1.54) is 62.5 Å². The molecule has 0 heterocycles. The van der Waals surface area contributed by atoms with Crippen molar-refractivity contribution in [2.45, 2.75) is 78.1 Å². The van der Waals surface area contributed by atoms with E-state index in [1.54, 1.807) is 0 Å². The van der Waals surface area contributed by atoms with E-state index >= 15 is 0 Å². The van der Waals surface area contributed by atoms with E-state index in [0.29, 0.717) is 0 Å². The summed E-state index contributed by atoms with van der Waals surface area (Å²) in [4.78, 5) is 0. The van der Waals surface area contributed by atoms with Gasteiger partial charge in [0.2, 0.25) is 0 Å². The normalized spacial score (nSPS) is 19.4. The number of unbranched alkanes of at least 4 members (excludes halogenated alkanes) is 4. The molecule has 2 heteroatoms. The minimum Gasteiger partial charge on any atom is -0.373 e. The number of hydrogen-bond acceptors (Lipinski definition) is 0. The van der Waals surface area contributed by atoms with Crippen molar-refractivity contribution < 1.29 is 34.1 Å². The van der Waals surface area contributed by atoms with E-state index in [4.69, 9.17) is 0 Å². The van der Waals surface area contributed by atoms with Crippen LogP contribution in [0.5, 0.6) is 0 Å². The smallest absolute Gasteiger partial charge is 0.373 e. The third-order valence-electron chi connectivity index (χ3n) is 3.21. The third-order valence-corrected chi connectivity index (χ3v) is 3.21. The van der Waals surface area contributed by atoms with Gasteiger partial charge in [-0.1, -0.05) is 52.4 Å². The quantitative estimate of drug-likeness (QED) is 0.344. The van der Waals surface area contributed by atoms with Crippen LogP contribution in [-0.2, 0) is 34.1 Å². The number of allylic oxidation sites excluding steroid dienone is 4. The Bertz CT molecular complexity index is 215. The summed E-state index contributed by atoms with van der Waals surface area (Å²) in [5.41, 5.74) is 2.99. The average Bonchev–Trinajstić information content (AvgIpc) is 2.32. The SMILES string of the molecule is CCCC[C-]=C1CCCCC1=[C-]CCCC.[Cu+].[Cu+]. The standard InChI is InChI=1S/C16H26.2Cu/c1-3-5-7-11-15-13-9-10-14-16(15)12-8-6-4-2;;/h3-10,13-14H2,1-2H3;;/q-2;2*+1. The minimum atomic E-state index is 0. The Labute approximate surface area is 135 Å². The van der Waals surface area contributed by atoms with Crippen LogP contribution in [0.2, 0.25) is 0 Å². The van der Waals surface area contributed by atoms with Crippen molar-refractivity contribution >= 4 is 0 Å². The summed E-state index contributed by atoms with van der Waals surface area (Å²) in [6, 6.07) is 0. The Balaban J connectivity index is 0. The Morgan fingerprint density at radius 3 is 1.50 bits per heavy atom. The van der Waals surface area contributed by atoms with E-state index in [0.717, 1.165) is 12.8 Å². The molecule has 0 atom stereocenters. The van der Waals surface area contributed by atoms with E-state index < -0.39 is 0 Å². The van der Waals surface area contributed by atoms with Crippen LogP contribution < -0.4 is 0 Å². The second kappa shape index (κ2) is 13.9. The molecule has 0 aromatic carbocycles. The van der Waals surface area contributed by atoms with Gasteiger partial charge in [0, 0.05) is 0 Å². The van der Waals surface area contributed by atoms with Crippen LogP contribution in [0.3, 0.4) is 0 Å². The topological polar surface area (TPSA) is 0 Å². The number of hydrogen-bond donors (Lipinski definition) is 0. The Kier molecular flexibility index (Phi) is 16.1. The first-order valence-corrected chi connectivity index (χ1v) is 7.08. The van der Waals surface area contributed by atoms with Gasteiger partial charge in [-0.2, -0.15) is 0 Å². The first-order valence-electron chi connectivity index (χ1n) is 7.08. The zero-order chi connectivity index (χ0) is 11.6. The second-order valence-corrected chi connectivity index (χ2v) is 4.72. The van der Waals surface area contributed by atoms with Gasteiger partial charge < -0.3 is 23.3 Å². The monoisotopic (exact) mass is 344 g/mol. The summed E-state index contributed by atoms with van der Waals surface area (Å²) < 4.78 is 0. The first-order chi connectivity index (χ1) is 7.88. The van der Waals surface area contributed by atoms with Gasteiger partial charge in [-0.15, -0.1) is 25.7 Å². The maximum absolute atomic E-state index is 3.62.